The van der Waals surface area contributed by atoms with Crippen molar-refractivity contribution in [1.29, 1.82) is 0 Å². The Kier molecular flexibility index (Phi) is 5.48. The molecule has 4 nitrogen and oxygen atoms in total. The van der Waals surface area contributed by atoms with E-state index >= 15 is 0 Å². The first-order chi connectivity index (χ1) is 10.1. The molecule has 21 heavy (non-hydrogen) atoms. The van der Waals surface area contributed by atoms with Crippen LogP contribution in [0.3, 0.4) is 0 Å². The second-order valence-electron chi connectivity index (χ2n) is 4.75. The van der Waals surface area contributed by atoms with Gasteiger partial charge in [-0.2, -0.15) is 0 Å². The summed E-state index contributed by atoms with van der Waals surface area (Å²) in [7, 11) is -0.799. The highest BCUT2D eigenvalue weighted by Gasteiger charge is 2.21. The van der Waals surface area contributed by atoms with Crippen molar-refractivity contribution in [3.63, 3.8) is 0 Å². The average molecular weight is 309 g/mol. The molecule has 0 saturated carbocycles. The molecular formula is C15H16FNO3S. The van der Waals surface area contributed by atoms with Crippen LogP contribution in [0.5, 0.6) is 0 Å². The van der Waals surface area contributed by atoms with Crippen LogP contribution in [0.4, 0.5) is 4.39 Å². The number of halogens is 1. The van der Waals surface area contributed by atoms with Crippen LogP contribution >= 0.6 is 0 Å². The number of aliphatic hydroxyl groups excluding tert-OH is 1. The van der Waals surface area contributed by atoms with Crippen molar-refractivity contribution in [2.75, 3.05) is 18.1 Å². The minimum Gasteiger partial charge on any atom is -0.384 e. The van der Waals surface area contributed by atoms with E-state index in [4.69, 9.17) is 5.11 Å². The van der Waals surface area contributed by atoms with E-state index in [1.165, 1.54) is 18.2 Å². The molecule has 0 aromatic heterocycles. The number of hydrogen-bond donors (Lipinski definition) is 2. The fourth-order valence-corrected chi connectivity index (χ4v) is 3.42. The van der Waals surface area contributed by atoms with Gasteiger partial charge in [-0.05, 0) is 31.0 Å². The van der Waals surface area contributed by atoms with Crippen molar-refractivity contribution < 1.29 is 18.5 Å². The normalized spacial score (nSPS) is 21.2. The van der Waals surface area contributed by atoms with E-state index in [0.29, 0.717) is 29.9 Å². The smallest absolute Gasteiger partial charge is 0.254 e. The molecule has 1 aromatic carbocycles. The lowest BCUT2D eigenvalue weighted by molar-refractivity contribution is 0.0930. The molecule has 2 N–H and O–H groups in total. The van der Waals surface area contributed by atoms with Crippen LogP contribution in [0, 0.1) is 17.7 Å². The van der Waals surface area contributed by atoms with Crippen molar-refractivity contribution in [2.24, 2.45) is 0 Å². The van der Waals surface area contributed by atoms with E-state index in [-0.39, 0.29) is 18.2 Å². The Bertz CT molecular complexity index is 611. The van der Waals surface area contributed by atoms with Gasteiger partial charge in [-0.25, -0.2) is 4.39 Å². The Balaban J connectivity index is 2.09. The fraction of sp³-hybridized carbons (Fsp3) is 0.400. The van der Waals surface area contributed by atoms with Gasteiger partial charge in [0, 0.05) is 33.9 Å². The first-order valence-corrected chi connectivity index (χ1v) is 8.14. The van der Waals surface area contributed by atoms with Crippen molar-refractivity contribution >= 4 is 16.7 Å². The van der Waals surface area contributed by atoms with E-state index in [0.717, 1.165) is 0 Å². The van der Waals surface area contributed by atoms with Gasteiger partial charge in [0.05, 0.1) is 5.56 Å². The van der Waals surface area contributed by atoms with E-state index in [1.807, 2.05) is 0 Å². The molecule has 0 atom stereocenters. The zero-order chi connectivity index (χ0) is 15.2. The van der Waals surface area contributed by atoms with Gasteiger partial charge in [-0.3, -0.25) is 9.00 Å². The summed E-state index contributed by atoms with van der Waals surface area (Å²) < 4.78 is 25.0. The molecule has 0 aliphatic carbocycles. The SMILES string of the molecule is O=C(NC1CCS(=O)CC1)c1cc(C#CCO)ccc1F. The van der Waals surface area contributed by atoms with Gasteiger partial charge in [0.25, 0.3) is 5.91 Å². The quantitative estimate of drug-likeness (QED) is 0.795. The molecule has 0 spiro atoms. The molecule has 6 heteroatoms. The lowest BCUT2D eigenvalue weighted by atomic mass is 10.1. The Hall–Kier alpha value is -1.71. The molecule has 0 radical (unpaired) electrons. The molecule has 1 aliphatic rings. The summed E-state index contributed by atoms with van der Waals surface area (Å²) in [4.78, 5) is 12.1. The number of amides is 1. The zero-order valence-corrected chi connectivity index (χ0v) is 12.2. The third-order valence-corrected chi connectivity index (χ3v) is 4.63. The molecule has 1 aliphatic heterocycles. The lowest BCUT2D eigenvalue weighted by Crippen LogP contribution is -2.39. The number of benzene rings is 1. The summed E-state index contributed by atoms with van der Waals surface area (Å²) in [6.07, 6.45) is 1.29. The van der Waals surface area contributed by atoms with Crippen LogP contribution in [0.1, 0.15) is 28.8 Å². The van der Waals surface area contributed by atoms with Crippen molar-refractivity contribution in [1.82, 2.24) is 5.32 Å². The number of rotatable bonds is 2. The Morgan fingerprint density at radius 1 is 1.43 bits per heavy atom. The van der Waals surface area contributed by atoms with Crippen LogP contribution in [0.25, 0.3) is 0 Å². The van der Waals surface area contributed by atoms with Crippen LogP contribution in [0.15, 0.2) is 18.2 Å². The fourth-order valence-electron chi connectivity index (χ4n) is 2.12. The van der Waals surface area contributed by atoms with Crippen LogP contribution in [0.2, 0.25) is 0 Å². The van der Waals surface area contributed by atoms with Gasteiger partial charge in [-0.15, -0.1) is 0 Å². The molecule has 1 fully saturated rings. The van der Waals surface area contributed by atoms with Gasteiger partial charge >= 0.3 is 0 Å². The summed E-state index contributed by atoms with van der Waals surface area (Å²) in [5.41, 5.74) is 0.409. The first-order valence-electron chi connectivity index (χ1n) is 6.65. The summed E-state index contributed by atoms with van der Waals surface area (Å²) in [6.45, 7) is -0.294. The monoisotopic (exact) mass is 309 g/mol. The van der Waals surface area contributed by atoms with Gasteiger partial charge in [0.2, 0.25) is 0 Å². The predicted octanol–water partition coefficient (Wildman–Crippen LogP) is 0.810. The Morgan fingerprint density at radius 3 is 2.81 bits per heavy atom. The molecule has 2 rings (SSSR count). The third kappa shape index (κ3) is 4.38. The average Bonchev–Trinajstić information content (AvgIpc) is 2.48. The summed E-state index contributed by atoms with van der Waals surface area (Å²) in [5.74, 6) is 5.13. The molecule has 1 saturated heterocycles. The van der Waals surface area contributed by atoms with E-state index in [1.54, 1.807) is 0 Å². The third-order valence-electron chi connectivity index (χ3n) is 3.25. The minimum atomic E-state index is -0.799. The Labute approximate surface area is 125 Å². The molecular weight excluding hydrogens is 293 g/mol. The van der Waals surface area contributed by atoms with E-state index < -0.39 is 22.5 Å². The summed E-state index contributed by atoms with van der Waals surface area (Å²) >= 11 is 0. The maximum absolute atomic E-state index is 13.8. The van der Waals surface area contributed by atoms with Crippen molar-refractivity contribution in [3.05, 3.63) is 35.1 Å². The van der Waals surface area contributed by atoms with Gasteiger partial charge in [0.1, 0.15) is 12.4 Å². The predicted molar refractivity (Wildman–Crippen MR) is 78.7 cm³/mol. The number of carbonyl (C=O) groups excluding carboxylic acids is 1. The largest absolute Gasteiger partial charge is 0.384 e. The van der Waals surface area contributed by atoms with E-state index in [9.17, 15) is 13.4 Å². The molecule has 0 unspecified atom stereocenters. The van der Waals surface area contributed by atoms with Gasteiger partial charge in [-0.1, -0.05) is 11.8 Å². The number of aliphatic hydroxyl groups is 1. The molecule has 112 valence electrons. The number of nitrogens with one attached hydrogen (secondary N) is 1. The Morgan fingerprint density at radius 2 is 2.14 bits per heavy atom. The zero-order valence-electron chi connectivity index (χ0n) is 11.4. The minimum absolute atomic E-state index is 0.0635. The lowest BCUT2D eigenvalue weighted by Gasteiger charge is -2.22. The summed E-state index contributed by atoms with van der Waals surface area (Å²) in [6, 6.07) is 3.95. The maximum Gasteiger partial charge on any atom is 0.254 e. The molecule has 0 bridgehead atoms. The van der Waals surface area contributed by atoms with Crippen LogP contribution in [-0.4, -0.2) is 39.4 Å². The van der Waals surface area contributed by atoms with Crippen LogP contribution < -0.4 is 5.32 Å². The van der Waals surface area contributed by atoms with E-state index in [2.05, 4.69) is 17.2 Å². The van der Waals surface area contributed by atoms with Crippen molar-refractivity contribution in [2.45, 2.75) is 18.9 Å². The van der Waals surface area contributed by atoms with Crippen molar-refractivity contribution in [3.8, 4) is 11.8 Å². The number of hydrogen-bond acceptors (Lipinski definition) is 3. The maximum atomic E-state index is 13.8. The topological polar surface area (TPSA) is 66.4 Å². The highest BCUT2D eigenvalue weighted by molar-refractivity contribution is 7.85. The molecule has 1 amide bonds. The molecule has 1 heterocycles. The first kappa shape index (κ1) is 15.7. The highest BCUT2D eigenvalue weighted by atomic mass is 32.2. The number of carbonyl (C=O) groups is 1. The highest BCUT2D eigenvalue weighted by Crippen LogP contribution is 2.13. The second kappa shape index (κ2) is 7.34. The van der Waals surface area contributed by atoms with Gasteiger partial charge < -0.3 is 10.4 Å². The summed E-state index contributed by atoms with van der Waals surface area (Å²) in [5, 5.41) is 11.4. The standard InChI is InChI=1S/C15H16FNO3S/c16-14-4-3-11(2-1-7-18)10-13(14)15(19)17-12-5-8-21(20)9-6-12/h3-4,10,12,18H,5-9H2,(H,17,19). The van der Waals surface area contributed by atoms with Gasteiger partial charge in [0.15, 0.2) is 0 Å². The second-order valence-corrected chi connectivity index (χ2v) is 6.45. The molecule has 1 aromatic rings. The van der Waals surface area contributed by atoms with Crippen LogP contribution in [-0.2, 0) is 10.8 Å².